The number of aryl methyl sites for hydroxylation is 1. The maximum absolute atomic E-state index is 13.1. The molecule has 0 aliphatic heterocycles. The number of rotatable bonds is 7. The van der Waals surface area contributed by atoms with Gasteiger partial charge in [-0.05, 0) is 29.5 Å². The summed E-state index contributed by atoms with van der Waals surface area (Å²) < 4.78 is 3.28. The zero-order valence-corrected chi connectivity index (χ0v) is 19.1. The smallest absolute Gasteiger partial charge is 0.266 e. The summed E-state index contributed by atoms with van der Waals surface area (Å²) in [5.74, 6) is 0. The first-order valence-electron chi connectivity index (χ1n) is 9.18. The average Bonchev–Trinajstić information content (AvgIpc) is 2.79. The summed E-state index contributed by atoms with van der Waals surface area (Å²) >= 11 is 8.52. The van der Waals surface area contributed by atoms with Crippen molar-refractivity contribution in [2.75, 3.05) is 12.5 Å². The monoisotopic (exact) mass is 452 g/mol. The Bertz CT molecular complexity index is 1120. The van der Waals surface area contributed by atoms with Gasteiger partial charge in [-0.2, -0.15) is 10.4 Å². The van der Waals surface area contributed by atoms with Gasteiger partial charge in [-0.1, -0.05) is 72.9 Å². The summed E-state index contributed by atoms with van der Waals surface area (Å²) in [6, 6.07) is 21.2. The van der Waals surface area contributed by atoms with E-state index < -0.39 is 5.56 Å². The summed E-state index contributed by atoms with van der Waals surface area (Å²) in [6.45, 7) is 0.304. The molecule has 8 heteroatoms. The number of nitriles is 1. The van der Waals surface area contributed by atoms with Crippen LogP contribution in [0.25, 0.3) is 22.4 Å². The first-order valence-corrected chi connectivity index (χ1v) is 11.9. The lowest BCUT2D eigenvalue weighted by molar-refractivity contribution is 0.593. The van der Waals surface area contributed by atoms with Crippen LogP contribution in [0.3, 0.4) is 0 Å². The lowest BCUT2D eigenvalue weighted by atomic mass is 9.96. The van der Waals surface area contributed by atoms with Gasteiger partial charge in [0, 0.05) is 30.1 Å². The third kappa shape index (κ3) is 4.75. The molecule has 30 heavy (non-hydrogen) atoms. The minimum Gasteiger partial charge on any atom is -0.266 e. The van der Waals surface area contributed by atoms with Crippen LogP contribution in [0.15, 0.2) is 65.5 Å². The number of aromatic nitrogens is 2. The molecule has 0 N–H and O–H groups in total. The van der Waals surface area contributed by atoms with Crippen molar-refractivity contribution in [3.8, 4) is 28.5 Å². The zero-order valence-electron chi connectivity index (χ0n) is 16.6. The summed E-state index contributed by atoms with van der Waals surface area (Å²) in [4.78, 5) is 13.8. The van der Waals surface area contributed by atoms with E-state index in [4.69, 9.17) is 12.2 Å². The topological polar surface area (TPSA) is 61.9 Å². The molecule has 0 spiro atoms. The van der Waals surface area contributed by atoms with Crippen molar-refractivity contribution < 1.29 is 0 Å². The van der Waals surface area contributed by atoms with E-state index in [9.17, 15) is 10.1 Å². The number of nitrogens with zero attached hydrogens (tertiary/aromatic N) is 4. The van der Waals surface area contributed by atoms with Crippen molar-refractivity contribution in [1.82, 2.24) is 13.5 Å². The van der Waals surface area contributed by atoms with Crippen LogP contribution < -0.4 is 5.56 Å². The minimum absolute atomic E-state index is 0.0903. The molecule has 3 rings (SSSR count). The third-order valence-corrected chi connectivity index (χ3v) is 7.07. The highest BCUT2D eigenvalue weighted by Crippen LogP contribution is 2.31. The highest BCUT2D eigenvalue weighted by Gasteiger charge is 2.20. The van der Waals surface area contributed by atoms with Gasteiger partial charge >= 0.3 is 0 Å². The average molecular weight is 453 g/mol. The van der Waals surface area contributed by atoms with E-state index in [1.807, 2.05) is 76.9 Å². The van der Waals surface area contributed by atoms with Crippen LogP contribution in [-0.4, -0.2) is 31.0 Å². The second kappa shape index (κ2) is 10.4. The van der Waals surface area contributed by atoms with E-state index >= 15 is 0 Å². The van der Waals surface area contributed by atoms with Gasteiger partial charge in [-0.3, -0.25) is 8.51 Å². The molecule has 1 aromatic heterocycles. The fourth-order valence-electron chi connectivity index (χ4n) is 3.08. The lowest BCUT2D eigenvalue weighted by Crippen LogP contribution is -2.29. The van der Waals surface area contributed by atoms with Crippen LogP contribution in [-0.2, 0) is 6.54 Å². The predicted molar refractivity (Wildman–Crippen MR) is 130 cm³/mol. The molecule has 0 fully saturated rings. The second-order valence-electron chi connectivity index (χ2n) is 6.24. The first kappa shape index (κ1) is 22.1. The number of thiocarbonyl (C=S) groups is 1. The Labute approximate surface area is 190 Å². The Hall–Kier alpha value is -2.60. The molecule has 2 aromatic carbocycles. The van der Waals surface area contributed by atoms with Gasteiger partial charge < -0.3 is 0 Å². The van der Waals surface area contributed by atoms with E-state index in [2.05, 4.69) is 11.2 Å². The Morgan fingerprint density at radius 2 is 1.63 bits per heavy atom. The molecule has 0 amide bonds. The van der Waals surface area contributed by atoms with Gasteiger partial charge in [0.15, 0.2) is 0 Å². The maximum Gasteiger partial charge on any atom is 0.285 e. The van der Waals surface area contributed by atoms with Crippen molar-refractivity contribution in [1.29, 1.82) is 5.26 Å². The van der Waals surface area contributed by atoms with E-state index in [0.717, 1.165) is 16.1 Å². The third-order valence-electron chi connectivity index (χ3n) is 4.45. The highest BCUT2D eigenvalue weighted by atomic mass is 32.2. The van der Waals surface area contributed by atoms with Crippen molar-refractivity contribution in [2.45, 2.75) is 13.0 Å². The van der Waals surface area contributed by atoms with Crippen LogP contribution in [0, 0.1) is 11.3 Å². The first-order chi connectivity index (χ1) is 14.6. The highest BCUT2D eigenvalue weighted by molar-refractivity contribution is 8.13. The minimum atomic E-state index is -0.404. The Kier molecular flexibility index (Phi) is 7.69. The van der Waals surface area contributed by atoms with Gasteiger partial charge in [0.2, 0.25) is 0 Å². The van der Waals surface area contributed by atoms with Crippen molar-refractivity contribution in [3.63, 3.8) is 0 Å². The number of hydrogen-bond donors (Lipinski definition) is 0. The number of hydrogen-bond acceptors (Lipinski definition) is 6. The summed E-state index contributed by atoms with van der Waals surface area (Å²) in [5, 5.41) is 14.5. The Morgan fingerprint density at radius 1 is 1.07 bits per heavy atom. The van der Waals surface area contributed by atoms with Crippen molar-refractivity contribution in [2.24, 2.45) is 0 Å². The molecule has 0 saturated heterocycles. The molecule has 1 heterocycles. The van der Waals surface area contributed by atoms with Crippen LogP contribution in [0.2, 0.25) is 0 Å². The second-order valence-corrected chi connectivity index (χ2v) is 8.40. The SMILES string of the molecule is CSN(SC)C(=S)CCn1nc(-c2ccccc2)c(-c2ccccc2)c(C#N)c1=O. The Morgan fingerprint density at radius 3 is 2.17 bits per heavy atom. The van der Waals surface area contributed by atoms with Gasteiger partial charge in [0.05, 0.1) is 6.54 Å². The molecule has 0 aliphatic carbocycles. The normalized spacial score (nSPS) is 10.4. The standard InChI is InChI=1S/C22H20N4OS3/c1-29-26(30-2)19(28)13-14-25-22(27)18(15-23)20(16-9-5-3-6-10-16)21(24-25)17-11-7-4-8-12-17/h3-12H,13-14H2,1-2H3. The van der Waals surface area contributed by atoms with Crippen molar-refractivity contribution in [3.05, 3.63) is 76.6 Å². The van der Waals surface area contributed by atoms with E-state index in [1.54, 1.807) is 0 Å². The quantitative estimate of drug-likeness (QED) is 0.368. The molecule has 0 aliphatic rings. The van der Waals surface area contributed by atoms with Crippen LogP contribution >= 0.6 is 36.1 Å². The molecule has 0 radical (unpaired) electrons. The zero-order chi connectivity index (χ0) is 21.5. The van der Waals surface area contributed by atoms with Crippen LogP contribution in [0.4, 0.5) is 0 Å². The van der Waals surface area contributed by atoms with Crippen LogP contribution in [0.5, 0.6) is 0 Å². The van der Waals surface area contributed by atoms with E-state index in [0.29, 0.717) is 24.2 Å². The van der Waals surface area contributed by atoms with Crippen LogP contribution in [0.1, 0.15) is 12.0 Å². The van der Waals surface area contributed by atoms with Crippen molar-refractivity contribution >= 4 is 41.1 Å². The molecule has 3 aromatic rings. The fraction of sp³-hybridized carbons (Fsp3) is 0.182. The summed E-state index contributed by atoms with van der Waals surface area (Å²) in [6.07, 6.45) is 4.38. The van der Waals surface area contributed by atoms with E-state index in [-0.39, 0.29) is 5.56 Å². The maximum atomic E-state index is 13.1. The number of benzene rings is 2. The van der Waals surface area contributed by atoms with E-state index in [1.165, 1.54) is 28.6 Å². The summed E-state index contributed by atoms with van der Waals surface area (Å²) in [5.41, 5.74) is 2.49. The summed E-state index contributed by atoms with van der Waals surface area (Å²) in [7, 11) is 0. The Balaban J connectivity index is 2.14. The molecule has 0 bridgehead atoms. The molecule has 5 nitrogen and oxygen atoms in total. The largest absolute Gasteiger partial charge is 0.285 e. The molecule has 0 atom stereocenters. The molecule has 152 valence electrons. The fourth-order valence-corrected chi connectivity index (χ4v) is 4.81. The molecule has 0 unspecified atom stereocenters. The van der Waals surface area contributed by atoms with Gasteiger partial charge in [-0.25, -0.2) is 4.68 Å². The van der Waals surface area contributed by atoms with Gasteiger partial charge in [0.25, 0.3) is 5.56 Å². The molecular weight excluding hydrogens is 432 g/mol. The lowest BCUT2D eigenvalue weighted by Gasteiger charge is -2.19. The predicted octanol–water partition coefficient (Wildman–Crippen LogP) is 5.02. The molecule has 0 saturated carbocycles. The molecular formula is C22H20N4OS3. The van der Waals surface area contributed by atoms with Gasteiger partial charge in [-0.15, -0.1) is 0 Å². The van der Waals surface area contributed by atoms with Gasteiger partial charge in [0.1, 0.15) is 22.3 Å².